The molecular formula is C17H25NO7. The van der Waals surface area contributed by atoms with Crippen LogP contribution in [0.2, 0.25) is 0 Å². The third kappa shape index (κ3) is 7.20. The van der Waals surface area contributed by atoms with Gasteiger partial charge in [0.15, 0.2) is 0 Å². The smallest absolute Gasteiger partial charge is 0.449 e. The van der Waals surface area contributed by atoms with E-state index in [1.54, 1.807) is 0 Å². The van der Waals surface area contributed by atoms with E-state index in [1.165, 1.54) is 7.11 Å². The Hall–Kier alpha value is -1.98. The third-order valence-electron chi connectivity index (χ3n) is 4.36. The molecular weight excluding hydrogens is 330 g/mol. The van der Waals surface area contributed by atoms with Crippen molar-refractivity contribution in [3.05, 3.63) is 0 Å². The van der Waals surface area contributed by atoms with Gasteiger partial charge in [-0.05, 0) is 30.6 Å². The van der Waals surface area contributed by atoms with Crippen molar-refractivity contribution in [2.45, 2.75) is 25.7 Å². The molecule has 0 saturated heterocycles. The van der Waals surface area contributed by atoms with E-state index in [9.17, 15) is 9.59 Å². The van der Waals surface area contributed by atoms with Gasteiger partial charge in [-0.3, -0.25) is 4.89 Å². The molecule has 1 saturated carbocycles. The fraction of sp³-hybridized carbons (Fsp3) is 0.765. The maximum Gasteiger partial charge on any atom is 0.540 e. The highest BCUT2D eigenvalue weighted by atomic mass is 17.2. The number of hydrogen-bond donors (Lipinski definition) is 1. The van der Waals surface area contributed by atoms with Crippen molar-refractivity contribution >= 4 is 12.2 Å². The summed E-state index contributed by atoms with van der Waals surface area (Å²) in [5.41, 5.74) is 0. The molecule has 0 spiro atoms. The second-order valence-corrected chi connectivity index (χ2v) is 5.91. The minimum Gasteiger partial charge on any atom is -0.449 e. The minimum absolute atomic E-state index is 0.0425. The zero-order chi connectivity index (χ0) is 17.9. The molecule has 1 amide bonds. The van der Waals surface area contributed by atoms with Gasteiger partial charge in [-0.15, -0.1) is 11.8 Å². The Morgan fingerprint density at radius 1 is 1.04 bits per heavy atom. The monoisotopic (exact) mass is 355 g/mol. The maximum absolute atomic E-state index is 11.7. The van der Waals surface area contributed by atoms with Crippen LogP contribution in [0, 0.1) is 29.6 Å². The molecule has 0 bridgehead atoms. The minimum atomic E-state index is -0.925. The average molecular weight is 355 g/mol. The highest BCUT2D eigenvalue weighted by molar-refractivity contribution is 5.67. The van der Waals surface area contributed by atoms with Crippen LogP contribution in [0.4, 0.5) is 9.59 Å². The molecule has 2 unspecified atom stereocenters. The van der Waals surface area contributed by atoms with E-state index in [2.05, 4.69) is 31.7 Å². The maximum atomic E-state index is 11.7. The molecule has 140 valence electrons. The van der Waals surface area contributed by atoms with Crippen molar-refractivity contribution < 1.29 is 33.6 Å². The highest BCUT2D eigenvalue weighted by Gasteiger charge is 2.49. The van der Waals surface area contributed by atoms with E-state index in [0.29, 0.717) is 37.5 Å². The molecule has 0 aromatic rings. The largest absolute Gasteiger partial charge is 0.540 e. The van der Waals surface area contributed by atoms with E-state index < -0.39 is 12.2 Å². The van der Waals surface area contributed by atoms with Crippen molar-refractivity contribution in [3.63, 3.8) is 0 Å². The van der Waals surface area contributed by atoms with Gasteiger partial charge in [0.1, 0.15) is 6.61 Å². The Morgan fingerprint density at radius 2 is 1.76 bits per heavy atom. The fourth-order valence-electron chi connectivity index (χ4n) is 3.11. The van der Waals surface area contributed by atoms with Gasteiger partial charge in [-0.1, -0.05) is 0 Å². The number of nitrogens with one attached hydrogen (secondary N) is 1. The molecule has 1 fully saturated rings. The van der Waals surface area contributed by atoms with Gasteiger partial charge in [-0.25, -0.2) is 9.59 Å². The van der Waals surface area contributed by atoms with Gasteiger partial charge in [-0.2, -0.15) is 4.89 Å². The highest BCUT2D eigenvalue weighted by Crippen LogP contribution is 2.52. The number of fused-ring (bicyclic) bond motifs is 1. The van der Waals surface area contributed by atoms with Crippen molar-refractivity contribution in [1.29, 1.82) is 0 Å². The fourth-order valence-corrected chi connectivity index (χ4v) is 3.11. The van der Waals surface area contributed by atoms with Crippen LogP contribution in [-0.2, 0) is 24.0 Å². The van der Waals surface area contributed by atoms with E-state index in [0.717, 1.165) is 25.7 Å². The lowest BCUT2D eigenvalue weighted by Gasteiger charge is -2.08. The van der Waals surface area contributed by atoms with E-state index >= 15 is 0 Å². The molecule has 1 N–H and O–H groups in total. The van der Waals surface area contributed by atoms with Crippen LogP contribution >= 0.6 is 0 Å². The van der Waals surface area contributed by atoms with Crippen molar-refractivity contribution in [1.82, 2.24) is 5.32 Å². The predicted molar refractivity (Wildman–Crippen MR) is 86.3 cm³/mol. The Bertz CT molecular complexity index is 481. The van der Waals surface area contributed by atoms with Crippen LogP contribution in [0.15, 0.2) is 0 Å². The molecule has 25 heavy (non-hydrogen) atoms. The number of alkyl carbamates (subject to hydrolysis) is 1. The Kier molecular flexibility index (Phi) is 8.35. The summed E-state index contributed by atoms with van der Waals surface area (Å²) in [4.78, 5) is 30.7. The Labute approximate surface area is 147 Å². The second kappa shape index (κ2) is 10.8. The standard InChI is InChI=1S/C17H25NO7/c1-21-25-17(20)23-11-10-22-9-8-18-16(19)24-12-15-13-6-4-2-3-5-7-14(13)15/h13-15H,4-12H2,1H3,(H,18,19). The van der Waals surface area contributed by atoms with Crippen molar-refractivity contribution in [3.8, 4) is 11.8 Å². The Morgan fingerprint density at radius 3 is 2.44 bits per heavy atom. The number of amides is 1. The molecule has 2 atom stereocenters. The third-order valence-corrected chi connectivity index (χ3v) is 4.36. The summed E-state index contributed by atoms with van der Waals surface area (Å²) in [5.74, 6) is 8.14. The number of carbonyl (C=O) groups is 2. The van der Waals surface area contributed by atoms with Crippen LogP contribution < -0.4 is 5.32 Å². The van der Waals surface area contributed by atoms with E-state index in [-0.39, 0.29) is 13.2 Å². The summed E-state index contributed by atoms with van der Waals surface area (Å²) in [5, 5.41) is 2.63. The van der Waals surface area contributed by atoms with Crippen LogP contribution in [0.5, 0.6) is 0 Å². The van der Waals surface area contributed by atoms with Gasteiger partial charge in [0.05, 0.1) is 26.9 Å². The number of rotatable bonds is 9. The van der Waals surface area contributed by atoms with Gasteiger partial charge in [0.25, 0.3) is 0 Å². The van der Waals surface area contributed by atoms with Crippen molar-refractivity contribution in [2.75, 3.05) is 40.1 Å². The quantitative estimate of drug-likeness (QED) is 0.222. The zero-order valence-electron chi connectivity index (χ0n) is 14.5. The lowest BCUT2D eigenvalue weighted by molar-refractivity contribution is -0.232. The molecule has 8 heteroatoms. The lowest BCUT2D eigenvalue weighted by atomic mass is 10.1. The molecule has 2 aliphatic carbocycles. The lowest BCUT2D eigenvalue weighted by Crippen LogP contribution is -2.29. The zero-order valence-corrected chi connectivity index (χ0v) is 14.5. The molecule has 0 aliphatic heterocycles. The van der Waals surface area contributed by atoms with Crippen LogP contribution in [0.25, 0.3) is 0 Å². The number of ether oxygens (including phenoxy) is 3. The normalized spacial score (nSPS) is 23.8. The molecule has 0 aromatic carbocycles. The second-order valence-electron chi connectivity index (χ2n) is 5.91. The Balaban J connectivity index is 1.42. The van der Waals surface area contributed by atoms with Gasteiger partial charge >= 0.3 is 12.2 Å². The predicted octanol–water partition coefficient (Wildman–Crippen LogP) is 1.88. The summed E-state index contributed by atoms with van der Waals surface area (Å²) >= 11 is 0. The SMILES string of the molecule is COOC(=O)OCCOCCNC(=O)OCC1C2CCC#CCCC21. The first kappa shape index (κ1) is 19.3. The number of carbonyl (C=O) groups excluding carboxylic acids is 2. The summed E-state index contributed by atoms with van der Waals surface area (Å²) in [6, 6.07) is 0. The van der Waals surface area contributed by atoms with Crippen LogP contribution in [0.3, 0.4) is 0 Å². The van der Waals surface area contributed by atoms with E-state index in [1.807, 2.05) is 0 Å². The van der Waals surface area contributed by atoms with Gasteiger partial charge in [0, 0.05) is 19.4 Å². The van der Waals surface area contributed by atoms with E-state index in [4.69, 9.17) is 9.47 Å². The first-order valence-corrected chi connectivity index (χ1v) is 8.54. The average Bonchev–Trinajstić information content (AvgIpc) is 3.21. The summed E-state index contributed by atoms with van der Waals surface area (Å²) in [7, 11) is 1.21. The summed E-state index contributed by atoms with van der Waals surface area (Å²) < 4.78 is 15.1. The molecule has 0 heterocycles. The first-order chi connectivity index (χ1) is 12.2. The first-order valence-electron chi connectivity index (χ1n) is 8.54. The molecule has 2 rings (SSSR count). The molecule has 0 radical (unpaired) electrons. The summed E-state index contributed by atoms with van der Waals surface area (Å²) in [6.45, 7) is 1.33. The molecule has 8 nitrogen and oxygen atoms in total. The summed E-state index contributed by atoms with van der Waals surface area (Å²) in [6.07, 6.45) is 2.77. The van der Waals surface area contributed by atoms with Crippen LogP contribution in [-0.4, -0.2) is 52.3 Å². The topological polar surface area (TPSA) is 92.3 Å². The molecule has 2 aliphatic rings. The van der Waals surface area contributed by atoms with Crippen molar-refractivity contribution in [2.24, 2.45) is 17.8 Å². The van der Waals surface area contributed by atoms with Crippen LogP contribution in [0.1, 0.15) is 25.7 Å². The van der Waals surface area contributed by atoms with Gasteiger partial charge in [0.2, 0.25) is 0 Å². The van der Waals surface area contributed by atoms with Gasteiger partial charge < -0.3 is 19.5 Å². The molecule has 0 aromatic heterocycles. The number of hydrogen-bond acceptors (Lipinski definition) is 7.